The van der Waals surface area contributed by atoms with Gasteiger partial charge in [0, 0.05) is 24.2 Å². The molecule has 0 radical (unpaired) electrons. The van der Waals surface area contributed by atoms with Gasteiger partial charge in [0.1, 0.15) is 0 Å². The van der Waals surface area contributed by atoms with Gasteiger partial charge in [-0.2, -0.15) is 0 Å². The number of hydrogen-bond acceptors (Lipinski definition) is 2. The van der Waals surface area contributed by atoms with Gasteiger partial charge in [0.15, 0.2) is 0 Å². The Morgan fingerprint density at radius 2 is 2.06 bits per heavy atom. The number of nitrogens with one attached hydrogen (secondary N) is 1. The fourth-order valence-corrected chi connectivity index (χ4v) is 3.34. The molecule has 0 atom stereocenters. The molecule has 1 aromatic rings. The molecule has 0 saturated heterocycles. The third-order valence-corrected chi connectivity index (χ3v) is 4.50. The largest absolute Gasteiger partial charge is 0.382 e. The first-order chi connectivity index (χ1) is 8.27. The zero-order valence-corrected chi connectivity index (χ0v) is 11.1. The predicted molar refractivity (Wildman–Crippen MR) is 74.3 cm³/mol. The molecule has 1 aliphatic carbocycles. The lowest BCUT2D eigenvalue weighted by Gasteiger charge is -2.38. The third-order valence-electron chi connectivity index (χ3n) is 4.09. The number of halogens is 1. The molecule has 1 N–H and O–H groups in total. The van der Waals surface area contributed by atoms with Crippen LogP contribution < -0.4 is 10.2 Å². The number of anilines is 2. The Bertz CT molecular complexity index is 424. The van der Waals surface area contributed by atoms with Gasteiger partial charge in [-0.05, 0) is 37.5 Å². The lowest BCUT2D eigenvalue weighted by molar-refractivity contribution is 0.605. The van der Waals surface area contributed by atoms with E-state index in [0.29, 0.717) is 0 Å². The van der Waals surface area contributed by atoms with E-state index in [1.54, 1.807) is 0 Å². The van der Waals surface area contributed by atoms with E-state index >= 15 is 0 Å². The lowest BCUT2D eigenvalue weighted by Crippen LogP contribution is -2.41. The zero-order valence-electron chi connectivity index (χ0n) is 10.3. The number of fused-ring (bicyclic) bond motifs is 1. The molecule has 2 nitrogen and oxygen atoms in total. The minimum absolute atomic E-state index is 0.730. The summed E-state index contributed by atoms with van der Waals surface area (Å²) in [6, 6.07) is 4.85. The standard InChI is InChI=1S/C14H19ClN2/c1-10-12(15)6-7-13-14(10)17(9-8-16-13)11-4-2-3-5-11/h6-7,11,16H,2-5,8-9H2,1H3. The van der Waals surface area contributed by atoms with E-state index < -0.39 is 0 Å². The average molecular weight is 251 g/mol. The highest BCUT2D eigenvalue weighted by atomic mass is 35.5. The van der Waals surface area contributed by atoms with Gasteiger partial charge in [0.2, 0.25) is 0 Å². The summed E-state index contributed by atoms with van der Waals surface area (Å²) in [6.07, 6.45) is 5.43. The van der Waals surface area contributed by atoms with Crippen molar-refractivity contribution in [2.75, 3.05) is 23.3 Å². The molecular formula is C14H19ClN2. The van der Waals surface area contributed by atoms with Gasteiger partial charge in [-0.1, -0.05) is 24.4 Å². The molecule has 3 rings (SSSR count). The first-order valence-electron chi connectivity index (χ1n) is 6.57. The highest BCUT2D eigenvalue weighted by Gasteiger charge is 2.28. The van der Waals surface area contributed by atoms with E-state index in [9.17, 15) is 0 Å². The Balaban J connectivity index is 2.02. The van der Waals surface area contributed by atoms with Crippen LogP contribution in [0, 0.1) is 6.92 Å². The molecule has 0 spiro atoms. The van der Waals surface area contributed by atoms with Gasteiger partial charge in [-0.15, -0.1) is 0 Å². The molecule has 92 valence electrons. The van der Waals surface area contributed by atoms with Crippen LogP contribution >= 0.6 is 11.6 Å². The fraction of sp³-hybridized carbons (Fsp3) is 0.571. The number of hydrogen-bond donors (Lipinski definition) is 1. The number of nitrogens with zero attached hydrogens (tertiary/aromatic N) is 1. The normalized spacial score (nSPS) is 20.2. The van der Waals surface area contributed by atoms with Crippen molar-refractivity contribution in [3.8, 4) is 0 Å². The van der Waals surface area contributed by atoms with Crippen molar-refractivity contribution in [3.05, 3.63) is 22.7 Å². The molecule has 0 bridgehead atoms. The zero-order chi connectivity index (χ0) is 11.8. The molecule has 1 fully saturated rings. The van der Waals surface area contributed by atoms with Crippen LogP contribution in [-0.2, 0) is 0 Å². The summed E-state index contributed by atoms with van der Waals surface area (Å²) in [7, 11) is 0. The number of rotatable bonds is 1. The topological polar surface area (TPSA) is 15.3 Å². The van der Waals surface area contributed by atoms with Crippen LogP contribution in [0.1, 0.15) is 31.2 Å². The van der Waals surface area contributed by atoms with Crippen molar-refractivity contribution in [2.24, 2.45) is 0 Å². The Hall–Kier alpha value is -0.890. The molecule has 17 heavy (non-hydrogen) atoms. The highest BCUT2D eigenvalue weighted by Crippen LogP contribution is 2.40. The Morgan fingerprint density at radius 1 is 1.29 bits per heavy atom. The smallest absolute Gasteiger partial charge is 0.0649 e. The van der Waals surface area contributed by atoms with Crippen molar-refractivity contribution < 1.29 is 0 Å². The molecule has 3 heteroatoms. The van der Waals surface area contributed by atoms with Crippen molar-refractivity contribution in [3.63, 3.8) is 0 Å². The second kappa shape index (κ2) is 4.41. The monoisotopic (exact) mass is 250 g/mol. The van der Waals surface area contributed by atoms with Gasteiger partial charge in [0.25, 0.3) is 0 Å². The number of benzene rings is 1. The Labute approximate surface area is 108 Å². The summed E-state index contributed by atoms with van der Waals surface area (Å²) >= 11 is 6.26. The quantitative estimate of drug-likeness (QED) is 0.815. The van der Waals surface area contributed by atoms with Crippen molar-refractivity contribution in [2.45, 2.75) is 38.6 Å². The Morgan fingerprint density at radius 3 is 2.82 bits per heavy atom. The maximum Gasteiger partial charge on any atom is 0.0649 e. The van der Waals surface area contributed by atoms with Gasteiger partial charge in [0.05, 0.1) is 11.4 Å². The maximum atomic E-state index is 6.26. The molecule has 0 unspecified atom stereocenters. The van der Waals surface area contributed by atoms with Crippen molar-refractivity contribution in [1.82, 2.24) is 0 Å². The fourth-order valence-electron chi connectivity index (χ4n) is 3.19. The third kappa shape index (κ3) is 1.89. The molecular weight excluding hydrogens is 232 g/mol. The van der Waals surface area contributed by atoms with Crippen LogP contribution in [0.25, 0.3) is 0 Å². The van der Waals surface area contributed by atoms with Gasteiger partial charge in [-0.3, -0.25) is 0 Å². The van der Waals surface area contributed by atoms with Crippen molar-refractivity contribution in [1.29, 1.82) is 0 Å². The summed E-state index contributed by atoms with van der Waals surface area (Å²) in [5.74, 6) is 0. The first kappa shape index (κ1) is 11.2. The van der Waals surface area contributed by atoms with E-state index in [0.717, 1.165) is 24.2 Å². The van der Waals surface area contributed by atoms with E-state index in [-0.39, 0.29) is 0 Å². The average Bonchev–Trinajstić information content (AvgIpc) is 2.87. The molecule has 0 amide bonds. The highest BCUT2D eigenvalue weighted by molar-refractivity contribution is 6.32. The van der Waals surface area contributed by atoms with Crippen molar-refractivity contribution >= 4 is 23.0 Å². The molecule has 2 aliphatic rings. The van der Waals surface area contributed by atoms with Crippen LogP contribution in [0.3, 0.4) is 0 Å². The van der Waals surface area contributed by atoms with E-state index in [1.807, 2.05) is 6.07 Å². The van der Waals surface area contributed by atoms with Gasteiger partial charge in [-0.25, -0.2) is 0 Å². The summed E-state index contributed by atoms with van der Waals surface area (Å²) in [5, 5.41) is 4.37. The molecule has 1 heterocycles. The molecule has 1 aliphatic heterocycles. The summed E-state index contributed by atoms with van der Waals surface area (Å²) < 4.78 is 0. The second-order valence-electron chi connectivity index (χ2n) is 5.13. The summed E-state index contributed by atoms with van der Waals surface area (Å²) in [6.45, 7) is 4.29. The van der Waals surface area contributed by atoms with Crippen LogP contribution in [0.2, 0.25) is 5.02 Å². The van der Waals surface area contributed by atoms with E-state index in [2.05, 4.69) is 23.2 Å². The van der Waals surface area contributed by atoms with E-state index in [1.165, 1.54) is 42.6 Å². The van der Waals surface area contributed by atoms with Gasteiger partial charge < -0.3 is 10.2 Å². The molecule has 1 saturated carbocycles. The second-order valence-corrected chi connectivity index (χ2v) is 5.53. The summed E-state index contributed by atoms with van der Waals surface area (Å²) in [5.41, 5.74) is 3.82. The van der Waals surface area contributed by atoms with Crippen LogP contribution in [-0.4, -0.2) is 19.1 Å². The SMILES string of the molecule is Cc1c(Cl)ccc2c1N(C1CCCC1)CCN2. The van der Waals surface area contributed by atoms with Crippen LogP contribution in [0.5, 0.6) is 0 Å². The van der Waals surface area contributed by atoms with Crippen LogP contribution in [0.15, 0.2) is 12.1 Å². The van der Waals surface area contributed by atoms with E-state index in [4.69, 9.17) is 11.6 Å². The summed E-state index contributed by atoms with van der Waals surface area (Å²) in [4.78, 5) is 2.58. The molecule has 1 aromatic carbocycles. The first-order valence-corrected chi connectivity index (χ1v) is 6.95. The molecule has 0 aromatic heterocycles. The van der Waals surface area contributed by atoms with Crippen LogP contribution in [0.4, 0.5) is 11.4 Å². The van der Waals surface area contributed by atoms with Gasteiger partial charge >= 0.3 is 0 Å². The maximum absolute atomic E-state index is 6.26. The Kier molecular flexibility index (Phi) is 2.91. The minimum Gasteiger partial charge on any atom is -0.382 e. The predicted octanol–water partition coefficient (Wildman–Crippen LogP) is 3.82. The lowest BCUT2D eigenvalue weighted by atomic mass is 10.1. The minimum atomic E-state index is 0.730.